The van der Waals surface area contributed by atoms with Crippen molar-refractivity contribution in [2.45, 2.75) is 72.1 Å². The van der Waals surface area contributed by atoms with Crippen LogP contribution in [0.5, 0.6) is 0 Å². The van der Waals surface area contributed by atoms with Gasteiger partial charge in [-0.15, -0.1) is 11.3 Å². The first-order valence-corrected chi connectivity index (χ1v) is 11.1. The molecule has 1 amide bonds. The Labute approximate surface area is 171 Å². The number of hydrogen-bond donors (Lipinski definition) is 1. The molecule has 0 unspecified atom stereocenters. The quantitative estimate of drug-likeness (QED) is 0.756. The van der Waals surface area contributed by atoms with Gasteiger partial charge in [-0.05, 0) is 58.4 Å². The van der Waals surface area contributed by atoms with Crippen molar-refractivity contribution in [2.24, 2.45) is 5.92 Å². The minimum atomic E-state index is -0.328. The number of morpholine rings is 1. The SMILES string of the molecule is CCOC(=O)c1c(NC(=O)[C@@H](C)N2C[C@H](C)O[C@@H](C)C2)sc2c1CC[C@H](C)C2. The maximum absolute atomic E-state index is 13.0. The van der Waals surface area contributed by atoms with Gasteiger partial charge in [0.25, 0.3) is 0 Å². The molecule has 0 saturated carbocycles. The van der Waals surface area contributed by atoms with Crippen molar-refractivity contribution in [2.75, 3.05) is 25.0 Å². The number of rotatable bonds is 5. The van der Waals surface area contributed by atoms with Gasteiger partial charge >= 0.3 is 5.97 Å². The molecule has 1 N–H and O–H groups in total. The first-order chi connectivity index (χ1) is 13.3. The van der Waals surface area contributed by atoms with Crippen molar-refractivity contribution in [3.63, 3.8) is 0 Å². The molecule has 1 aromatic rings. The van der Waals surface area contributed by atoms with Crippen molar-refractivity contribution in [1.82, 2.24) is 4.90 Å². The average Bonchev–Trinajstić information content (AvgIpc) is 2.97. The summed E-state index contributed by atoms with van der Waals surface area (Å²) in [6.45, 7) is 11.8. The molecule has 1 aromatic heterocycles. The first-order valence-electron chi connectivity index (χ1n) is 10.3. The van der Waals surface area contributed by atoms with Gasteiger partial charge in [-0.25, -0.2) is 4.79 Å². The number of amides is 1. The topological polar surface area (TPSA) is 67.9 Å². The fourth-order valence-electron chi connectivity index (χ4n) is 4.17. The van der Waals surface area contributed by atoms with E-state index in [4.69, 9.17) is 9.47 Å². The third-order valence-corrected chi connectivity index (χ3v) is 6.77. The monoisotopic (exact) mass is 408 g/mol. The predicted molar refractivity (Wildman–Crippen MR) is 111 cm³/mol. The van der Waals surface area contributed by atoms with Crippen molar-refractivity contribution in [3.05, 3.63) is 16.0 Å². The van der Waals surface area contributed by atoms with Crippen LogP contribution in [0, 0.1) is 5.92 Å². The Balaban J connectivity index is 1.80. The van der Waals surface area contributed by atoms with E-state index in [-0.39, 0.29) is 30.1 Å². The summed E-state index contributed by atoms with van der Waals surface area (Å²) in [7, 11) is 0. The summed E-state index contributed by atoms with van der Waals surface area (Å²) in [5.74, 6) is 0.185. The first kappa shape index (κ1) is 21.3. The lowest BCUT2D eigenvalue weighted by Crippen LogP contribution is -2.52. The summed E-state index contributed by atoms with van der Waals surface area (Å²) in [5.41, 5.74) is 1.64. The molecule has 0 radical (unpaired) electrons. The number of thiophene rings is 1. The fourth-order valence-corrected chi connectivity index (χ4v) is 5.58. The van der Waals surface area contributed by atoms with Crippen LogP contribution in [0.3, 0.4) is 0 Å². The highest BCUT2D eigenvalue weighted by molar-refractivity contribution is 7.17. The predicted octanol–water partition coefficient (Wildman–Crippen LogP) is 3.49. The highest BCUT2D eigenvalue weighted by Crippen LogP contribution is 2.40. The Kier molecular flexibility index (Phi) is 6.78. The van der Waals surface area contributed by atoms with Crippen LogP contribution in [0.2, 0.25) is 0 Å². The summed E-state index contributed by atoms with van der Waals surface area (Å²) >= 11 is 1.54. The third kappa shape index (κ3) is 4.58. The van der Waals surface area contributed by atoms with Gasteiger partial charge in [-0.1, -0.05) is 6.92 Å². The molecule has 1 fully saturated rings. The molecule has 28 heavy (non-hydrogen) atoms. The van der Waals surface area contributed by atoms with E-state index < -0.39 is 0 Å². The number of hydrogen-bond acceptors (Lipinski definition) is 6. The van der Waals surface area contributed by atoms with Gasteiger partial charge in [0, 0.05) is 18.0 Å². The maximum atomic E-state index is 13.0. The molecule has 0 spiro atoms. The lowest BCUT2D eigenvalue weighted by Gasteiger charge is -2.38. The van der Waals surface area contributed by atoms with Gasteiger partial charge in [-0.3, -0.25) is 9.69 Å². The zero-order valence-electron chi connectivity index (χ0n) is 17.5. The molecule has 0 aromatic carbocycles. The van der Waals surface area contributed by atoms with E-state index in [1.165, 1.54) is 16.2 Å². The lowest BCUT2D eigenvalue weighted by atomic mass is 9.88. The molecule has 3 rings (SSSR count). The summed E-state index contributed by atoms with van der Waals surface area (Å²) < 4.78 is 11.1. The Morgan fingerprint density at radius 2 is 1.96 bits per heavy atom. The van der Waals surface area contributed by atoms with Crippen LogP contribution >= 0.6 is 11.3 Å². The van der Waals surface area contributed by atoms with Crippen LogP contribution in [0.15, 0.2) is 0 Å². The molecule has 2 heterocycles. The van der Waals surface area contributed by atoms with Gasteiger partial charge in [0.2, 0.25) is 5.91 Å². The van der Waals surface area contributed by atoms with E-state index in [2.05, 4.69) is 17.1 Å². The van der Waals surface area contributed by atoms with Gasteiger partial charge in [0.05, 0.1) is 30.4 Å². The third-order valence-electron chi connectivity index (χ3n) is 5.60. The number of carbonyl (C=O) groups is 2. The van der Waals surface area contributed by atoms with Gasteiger partial charge in [-0.2, -0.15) is 0 Å². The van der Waals surface area contributed by atoms with Crippen molar-refractivity contribution in [1.29, 1.82) is 0 Å². The number of nitrogens with zero attached hydrogens (tertiary/aromatic N) is 1. The minimum Gasteiger partial charge on any atom is -0.462 e. The number of nitrogens with one attached hydrogen (secondary N) is 1. The second kappa shape index (κ2) is 8.93. The second-order valence-electron chi connectivity index (χ2n) is 8.15. The summed E-state index contributed by atoms with van der Waals surface area (Å²) in [4.78, 5) is 29.0. The van der Waals surface area contributed by atoms with Crippen molar-refractivity contribution in [3.8, 4) is 0 Å². The Bertz CT molecular complexity index is 722. The minimum absolute atomic E-state index is 0.0847. The Morgan fingerprint density at radius 1 is 1.29 bits per heavy atom. The van der Waals surface area contributed by atoms with Crippen molar-refractivity contribution >= 4 is 28.2 Å². The zero-order valence-corrected chi connectivity index (χ0v) is 18.4. The van der Waals surface area contributed by atoms with E-state index in [1.54, 1.807) is 6.92 Å². The lowest BCUT2D eigenvalue weighted by molar-refractivity contribution is -0.126. The number of anilines is 1. The molecule has 2 aliphatic rings. The molecule has 6 nitrogen and oxygen atoms in total. The highest BCUT2D eigenvalue weighted by atomic mass is 32.1. The fraction of sp³-hybridized carbons (Fsp3) is 0.714. The van der Waals surface area contributed by atoms with Crippen LogP contribution in [-0.2, 0) is 27.1 Å². The van der Waals surface area contributed by atoms with E-state index in [1.807, 2.05) is 20.8 Å². The Hall–Kier alpha value is -1.44. The van der Waals surface area contributed by atoms with Crippen molar-refractivity contribution < 1.29 is 19.1 Å². The highest BCUT2D eigenvalue weighted by Gasteiger charge is 2.32. The Morgan fingerprint density at radius 3 is 2.61 bits per heavy atom. The molecule has 7 heteroatoms. The van der Waals surface area contributed by atoms with E-state index in [0.29, 0.717) is 23.1 Å². The summed E-state index contributed by atoms with van der Waals surface area (Å²) in [5, 5.41) is 3.69. The molecule has 4 atom stereocenters. The molecule has 1 aliphatic heterocycles. The van der Waals surface area contributed by atoms with Crippen LogP contribution in [0.25, 0.3) is 0 Å². The zero-order chi connectivity index (χ0) is 20.4. The normalized spacial score (nSPS) is 26.4. The summed E-state index contributed by atoms with van der Waals surface area (Å²) in [6, 6.07) is -0.290. The molecule has 1 aliphatic carbocycles. The maximum Gasteiger partial charge on any atom is 0.341 e. The van der Waals surface area contributed by atoms with E-state index in [9.17, 15) is 9.59 Å². The molecule has 156 valence electrons. The smallest absolute Gasteiger partial charge is 0.341 e. The van der Waals surface area contributed by atoms with E-state index >= 15 is 0 Å². The van der Waals surface area contributed by atoms with Crippen LogP contribution in [0.4, 0.5) is 5.00 Å². The average molecular weight is 409 g/mol. The summed E-state index contributed by atoms with van der Waals surface area (Å²) in [6.07, 6.45) is 3.08. The number of esters is 1. The van der Waals surface area contributed by atoms with Crippen LogP contribution < -0.4 is 5.32 Å². The van der Waals surface area contributed by atoms with Crippen LogP contribution in [-0.4, -0.2) is 54.7 Å². The molecular formula is C21H32N2O4S. The number of carbonyl (C=O) groups excluding carboxylic acids is 2. The van der Waals surface area contributed by atoms with Gasteiger partial charge in [0.1, 0.15) is 5.00 Å². The van der Waals surface area contributed by atoms with Gasteiger partial charge < -0.3 is 14.8 Å². The number of fused-ring (bicyclic) bond motifs is 1. The molecule has 0 bridgehead atoms. The molecular weight excluding hydrogens is 376 g/mol. The van der Waals surface area contributed by atoms with E-state index in [0.717, 1.165) is 37.9 Å². The second-order valence-corrected chi connectivity index (χ2v) is 9.26. The number of ether oxygens (including phenoxy) is 2. The standard InChI is InChI=1S/C21H32N2O4S/c1-6-26-21(25)18-16-8-7-12(2)9-17(16)28-20(18)22-19(24)15(5)23-10-13(3)27-14(4)11-23/h12-15H,6-11H2,1-5H3,(H,22,24)/t12-,13-,14-,15+/m0/s1. The van der Waals surface area contributed by atoms with Crippen LogP contribution in [0.1, 0.15) is 61.8 Å². The largest absolute Gasteiger partial charge is 0.462 e. The molecule has 1 saturated heterocycles. The van der Waals surface area contributed by atoms with Gasteiger partial charge in [0.15, 0.2) is 0 Å².